The van der Waals surface area contributed by atoms with Crippen LogP contribution in [-0.2, 0) is 25.5 Å². The first-order valence-corrected chi connectivity index (χ1v) is 11.0. The lowest BCUT2D eigenvalue weighted by atomic mass is 9.91. The molecule has 7 heteroatoms. The van der Waals surface area contributed by atoms with Gasteiger partial charge in [0, 0.05) is 13.1 Å². The molecule has 0 saturated heterocycles. The van der Waals surface area contributed by atoms with E-state index < -0.39 is 16.2 Å². The summed E-state index contributed by atoms with van der Waals surface area (Å²) in [4.78, 5) is 14.9. The summed E-state index contributed by atoms with van der Waals surface area (Å²) < 4.78 is 27.3. The Bertz CT molecular complexity index is 815. The molecule has 1 aliphatic carbocycles. The van der Waals surface area contributed by atoms with E-state index in [4.69, 9.17) is 4.18 Å². The maximum atomic E-state index is 12.7. The summed E-state index contributed by atoms with van der Waals surface area (Å²) in [5.74, 6) is -0.427. The number of carbonyl (C=O) groups is 1. The fourth-order valence-corrected chi connectivity index (χ4v) is 4.10. The molecule has 0 spiro atoms. The molecule has 0 aliphatic heterocycles. The number of amides is 1. The van der Waals surface area contributed by atoms with E-state index in [1.54, 1.807) is 6.92 Å². The largest absolute Gasteiger partial charge is 0.353 e. The van der Waals surface area contributed by atoms with Crippen molar-refractivity contribution in [3.8, 4) is 0 Å². The number of nitrogens with zero attached hydrogens (tertiary/aromatic N) is 1. The minimum Gasteiger partial charge on any atom is -0.353 e. The Morgan fingerprint density at radius 3 is 2.56 bits per heavy atom. The van der Waals surface area contributed by atoms with Crippen LogP contribution in [0.15, 0.2) is 29.8 Å². The maximum absolute atomic E-state index is 12.7. The molecule has 1 amide bonds. The number of nitrogens with one attached hydrogen (secondary N) is 1. The number of hydrogen-bond acceptors (Lipinski definition) is 5. The first kappa shape index (κ1) is 21.6. The second kappa shape index (κ2) is 8.99. The van der Waals surface area contributed by atoms with Gasteiger partial charge in [0.2, 0.25) is 5.91 Å². The lowest BCUT2D eigenvalue weighted by molar-refractivity contribution is -0.123. The van der Waals surface area contributed by atoms with Crippen molar-refractivity contribution in [2.45, 2.75) is 32.8 Å². The molecule has 0 fully saturated rings. The average molecular weight is 395 g/mol. The van der Waals surface area contributed by atoms with E-state index >= 15 is 0 Å². The Labute approximate surface area is 162 Å². The first-order valence-electron chi connectivity index (χ1n) is 9.19. The summed E-state index contributed by atoms with van der Waals surface area (Å²) in [6, 6.07) is 8.22. The molecule has 27 heavy (non-hydrogen) atoms. The standard InChI is InChI=1S/C20H30N2O4S/c1-14(26-27(5,24)25)13-21-20(23)15(2)19-17(10-11-22(3)4)12-16-8-6-7-9-18(16)19/h6-9,14-15H,10-13H2,1-5H3,(H,21,23). The summed E-state index contributed by atoms with van der Waals surface area (Å²) in [5.41, 5.74) is 4.80. The molecular weight excluding hydrogens is 364 g/mol. The van der Waals surface area contributed by atoms with E-state index in [0.717, 1.165) is 36.8 Å². The second-order valence-corrected chi connectivity index (χ2v) is 9.08. The molecule has 1 aliphatic rings. The number of benzene rings is 1. The topological polar surface area (TPSA) is 75.7 Å². The van der Waals surface area contributed by atoms with Gasteiger partial charge in [-0.25, -0.2) is 0 Å². The van der Waals surface area contributed by atoms with Crippen molar-refractivity contribution in [1.29, 1.82) is 0 Å². The lowest BCUT2D eigenvalue weighted by Crippen LogP contribution is -2.36. The average Bonchev–Trinajstić information content (AvgIpc) is 2.94. The molecule has 2 rings (SSSR count). The van der Waals surface area contributed by atoms with E-state index in [1.165, 1.54) is 11.1 Å². The maximum Gasteiger partial charge on any atom is 0.264 e. The fourth-order valence-electron chi connectivity index (χ4n) is 3.43. The summed E-state index contributed by atoms with van der Waals surface area (Å²) in [6.07, 6.45) is 2.20. The summed E-state index contributed by atoms with van der Waals surface area (Å²) in [5, 5.41) is 2.82. The van der Waals surface area contributed by atoms with Crippen molar-refractivity contribution in [3.63, 3.8) is 0 Å². The molecule has 0 saturated carbocycles. The van der Waals surface area contributed by atoms with Crippen LogP contribution in [0.1, 0.15) is 31.4 Å². The zero-order valence-corrected chi connectivity index (χ0v) is 17.6. The van der Waals surface area contributed by atoms with E-state index in [0.29, 0.717) is 0 Å². The molecule has 2 atom stereocenters. The first-order chi connectivity index (χ1) is 12.6. The predicted octanol–water partition coefficient (Wildman–Crippen LogP) is 2.06. The van der Waals surface area contributed by atoms with Gasteiger partial charge in [0.15, 0.2) is 0 Å². The van der Waals surface area contributed by atoms with Gasteiger partial charge < -0.3 is 10.2 Å². The molecule has 1 N–H and O–H groups in total. The fraction of sp³-hybridized carbons (Fsp3) is 0.550. The number of fused-ring (bicyclic) bond motifs is 1. The minimum atomic E-state index is -3.54. The third-order valence-electron chi connectivity index (χ3n) is 4.68. The lowest BCUT2D eigenvalue weighted by Gasteiger charge is -2.19. The van der Waals surface area contributed by atoms with Gasteiger partial charge in [0.1, 0.15) is 0 Å². The van der Waals surface area contributed by atoms with Crippen molar-refractivity contribution >= 4 is 21.6 Å². The van der Waals surface area contributed by atoms with Gasteiger partial charge in [-0.2, -0.15) is 8.42 Å². The van der Waals surface area contributed by atoms with Crippen LogP contribution in [0.5, 0.6) is 0 Å². The van der Waals surface area contributed by atoms with Crippen LogP contribution in [0.4, 0.5) is 0 Å². The number of rotatable bonds is 9. The van der Waals surface area contributed by atoms with Gasteiger partial charge in [0.05, 0.1) is 18.3 Å². The van der Waals surface area contributed by atoms with E-state index in [-0.39, 0.29) is 18.4 Å². The van der Waals surface area contributed by atoms with Crippen molar-refractivity contribution in [2.24, 2.45) is 5.92 Å². The molecule has 1 aromatic carbocycles. The Balaban J connectivity index is 2.13. The highest BCUT2D eigenvalue weighted by molar-refractivity contribution is 7.86. The molecule has 1 aromatic rings. The van der Waals surface area contributed by atoms with Gasteiger partial charge in [-0.1, -0.05) is 29.8 Å². The van der Waals surface area contributed by atoms with Crippen molar-refractivity contribution < 1.29 is 17.4 Å². The predicted molar refractivity (Wildman–Crippen MR) is 108 cm³/mol. The molecule has 0 heterocycles. The highest BCUT2D eigenvalue weighted by Gasteiger charge is 2.29. The second-order valence-electron chi connectivity index (χ2n) is 7.48. The van der Waals surface area contributed by atoms with Crippen molar-refractivity contribution in [2.75, 3.05) is 33.4 Å². The number of hydrogen-bond donors (Lipinski definition) is 1. The normalized spacial score (nSPS) is 16.4. The molecule has 2 unspecified atom stereocenters. The molecule has 0 aromatic heterocycles. The third kappa shape index (κ3) is 6.16. The van der Waals surface area contributed by atoms with Crippen LogP contribution in [0.25, 0.3) is 5.57 Å². The van der Waals surface area contributed by atoms with Crippen LogP contribution >= 0.6 is 0 Å². The molecular formula is C20H30N2O4S. The van der Waals surface area contributed by atoms with Gasteiger partial charge in [-0.05, 0) is 57.5 Å². The van der Waals surface area contributed by atoms with E-state index in [1.807, 2.05) is 33.2 Å². The Morgan fingerprint density at radius 1 is 1.26 bits per heavy atom. The zero-order valence-electron chi connectivity index (χ0n) is 16.8. The van der Waals surface area contributed by atoms with Crippen LogP contribution in [0.3, 0.4) is 0 Å². The highest BCUT2D eigenvalue weighted by atomic mass is 32.2. The molecule has 0 bridgehead atoms. The molecule has 150 valence electrons. The summed E-state index contributed by atoms with van der Waals surface area (Å²) in [7, 11) is 0.550. The van der Waals surface area contributed by atoms with Gasteiger partial charge in [0.25, 0.3) is 10.1 Å². The van der Waals surface area contributed by atoms with E-state index in [9.17, 15) is 13.2 Å². The quantitative estimate of drug-likeness (QED) is 0.649. The van der Waals surface area contributed by atoms with Gasteiger partial charge >= 0.3 is 0 Å². The van der Waals surface area contributed by atoms with Gasteiger partial charge in [-0.3, -0.25) is 8.98 Å². The molecule has 6 nitrogen and oxygen atoms in total. The van der Waals surface area contributed by atoms with Crippen molar-refractivity contribution in [1.82, 2.24) is 10.2 Å². The van der Waals surface area contributed by atoms with E-state index in [2.05, 4.69) is 22.3 Å². The Hall–Kier alpha value is -1.70. The highest BCUT2D eigenvalue weighted by Crippen LogP contribution is 2.39. The van der Waals surface area contributed by atoms with Crippen LogP contribution in [-0.4, -0.2) is 58.8 Å². The SMILES string of the molecule is CC(CNC(=O)C(C)C1=C(CCN(C)C)Cc2ccccc21)OS(C)(=O)=O. The smallest absolute Gasteiger partial charge is 0.264 e. The number of carbonyl (C=O) groups excluding carboxylic acids is 1. The minimum absolute atomic E-state index is 0.118. The van der Waals surface area contributed by atoms with Gasteiger partial charge in [-0.15, -0.1) is 0 Å². The van der Waals surface area contributed by atoms with Crippen LogP contribution in [0, 0.1) is 5.92 Å². The Morgan fingerprint density at radius 2 is 1.93 bits per heavy atom. The summed E-state index contributed by atoms with van der Waals surface area (Å²) >= 11 is 0. The third-order valence-corrected chi connectivity index (χ3v) is 5.36. The summed E-state index contributed by atoms with van der Waals surface area (Å²) in [6.45, 7) is 4.61. The van der Waals surface area contributed by atoms with Crippen molar-refractivity contribution in [3.05, 3.63) is 41.0 Å². The van der Waals surface area contributed by atoms with Crippen LogP contribution < -0.4 is 5.32 Å². The monoisotopic (exact) mass is 394 g/mol. The Kier molecular flexibility index (Phi) is 7.19. The van der Waals surface area contributed by atoms with Crippen LogP contribution in [0.2, 0.25) is 0 Å². The molecule has 0 radical (unpaired) electrons. The zero-order chi connectivity index (χ0) is 20.2.